The van der Waals surface area contributed by atoms with Crippen molar-refractivity contribution in [2.45, 2.75) is 278 Å². The molecule has 5 heterocycles. The van der Waals surface area contributed by atoms with E-state index in [-0.39, 0.29) is 119 Å². The summed E-state index contributed by atoms with van der Waals surface area (Å²) in [7, 11) is 4.20. The normalized spacial score (nSPS) is 24.6. The highest BCUT2D eigenvalue weighted by molar-refractivity contribution is 6.07. The Labute approximate surface area is 768 Å². The number of benzene rings is 3. The number of amides is 16. The second kappa shape index (κ2) is 49.8. The summed E-state index contributed by atoms with van der Waals surface area (Å²) in [5.41, 5.74) is 8.28. The Bertz CT molecular complexity index is 4850. The Morgan fingerprint density at radius 1 is 0.466 bits per heavy atom. The van der Waals surface area contributed by atoms with Crippen LogP contribution in [-0.4, -0.2) is 261 Å². The van der Waals surface area contributed by atoms with E-state index in [2.05, 4.69) is 68.5 Å². The average Bonchev–Trinajstić information content (AvgIpc) is 1.80. The van der Waals surface area contributed by atoms with Crippen LogP contribution >= 0.6 is 0 Å². The zero-order valence-electron chi connectivity index (χ0n) is 79.0. The van der Waals surface area contributed by atoms with Gasteiger partial charge in [-0.15, -0.1) is 0 Å². The van der Waals surface area contributed by atoms with E-state index in [1.54, 1.807) is 62.6 Å². The Morgan fingerprint density at radius 2 is 0.924 bits per heavy atom. The lowest BCUT2D eigenvalue weighted by Gasteiger charge is -2.35. The van der Waals surface area contributed by atoms with E-state index in [1.165, 1.54) is 53.7 Å². The summed E-state index contributed by atoms with van der Waals surface area (Å²) in [5.74, 6) is -13.3. The number of nitrogens with one attached hydrogen (secondary N) is 13. The molecule has 3 aliphatic rings. The van der Waals surface area contributed by atoms with Gasteiger partial charge in [0.2, 0.25) is 88.6 Å². The molecule has 0 spiro atoms. The van der Waals surface area contributed by atoms with Crippen LogP contribution in [0.3, 0.4) is 0 Å². The number of para-hydroxylation sites is 2. The highest BCUT2D eigenvalue weighted by Crippen LogP contribution is 2.29. The molecule has 131 heavy (non-hydrogen) atoms. The SMILES string of the molecule is CCCC[C@H]1C(=O)N(C)[C@@H](CCCC)C(=O)N[C@@H](CC(C)C)C(=O)N[C@H](C(=O)NCC(N)=O)CNCC(=O)N[C@@H](Cc2ccccc2)C(=O)N(C)[C@@H](C)C(=O)N[C@@H](CC(C)C)C(=O)N2CCC[C@H]2C(=O)N[C@@H](CC(C)C)C(=O)N[C@@H](CC(C)C)C(=O)N2CCC[C@H]2C(=O)N[C@@H](Cc2c[nH]c3ccccc23)C(=O)N[C@@H](CC(C)C)C(=O)N/C(=C\c2c[nH]c3ccccc23)C(=O)N1C. The van der Waals surface area contributed by atoms with Gasteiger partial charge in [0.15, 0.2) is 0 Å². The van der Waals surface area contributed by atoms with Crippen LogP contribution in [0.4, 0.5) is 0 Å². The van der Waals surface area contributed by atoms with Gasteiger partial charge in [-0.3, -0.25) is 76.7 Å². The molecule has 8 rings (SSSR count). The topological polar surface area (TPSA) is 479 Å². The molecule has 3 saturated heterocycles. The number of aromatic nitrogens is 2. The molecule has 16 amide bonds. The first-order valence-electron chi connectivity index (χ1n) is 46.5. The third kappa shape index (κ3) is 29.7. The number of aromatic amines is 2. The minimum Gasteiger partial charge on any atom is -0.368 e. The molecule has 3 aromatic carbocycles. The molecule has 13 atom stereocenters. The zero-order valence-corrected chi connectivity index (χ0v) is 79.0. The fourth-order valence-electron chi connectivity index (χ4n) is 17.1. The first-order valence-corrected chi connectivity index (χ1v) is 46.5. The Morgan fingerprint density at radius 3 is 1.47 bits per heavy atom. The van der Waals surface area contributed by atoms with Crippen molar-refractivity contribution >= 4 is 122 Å². The van der Waals surface area contributed by atoms with Crippen LogP contribution in [0.1, 0.15) is 203 Å². The van der Waals surface area contributed by atoms with Gasteiger partial charge in [-0.25, -0.2) is 0 Å². The van der Waals surface area contributed by atoms with E-state index >= 15 is 43.2 Å². The molecule has 3 aliphatic heterocycles. The summed E-state index contributed by atoms with van der Waals surface area (Å²) in [6.45, 7) is 22.1. The van der Waals surface area contributed by atoms with Crippen molar-refractivity contribution in [3.8, 4) is 0 Å². The molecule has 3 fully saturated rings. The molecule has 2 aromatic heterocycles. The monoisotopic (exact) mass is 1820 g/mol. The molecule has 0 aliphatic carbocycles. The van der Waals surface area contributed by atoms with E-state index in [9.17, 15) is 33.6 Å². The van der Waals surface area contributed by atoms with Crippen LogP contribution in [0.5, 0.6) is 0 Å². The van der Waals surface area contributed by atoms with Gasteiger partial charge in [0.05, 0.1) is 13.1 Å². The summed E-state index contributed by atoms with van der Waals surface area (Å²) in [4.78, 5) is 251. The first kappa shape index (κ1) is 104. The van der Waals surface area contributed by atoms with Crippen molar-refractivity contribution in [1.82, 2.24) is 93.0 Å². The summed E-state index contributed by atoms with van der Waals surface area (Å²) >= 11 is 0. The maximum absolute atomic E-state index is 15.8. The minimum atomic E-state index is -1.56. The lowest BCUT2D eigenvalue weighted by molar-refractivity contribution is -0.147. The van der Waals surface area contributed by atoms with Gasteiger partial charge in [-0.1, -0.05) is 175 Å². The van der Waals surface area contributed by atoms with Gasteiger partial charge >= 0.3 is 0 Å². The molecule has 0 saturated carbocycles. The zero-order chi connectivity index (χ0) is 96.2. The predicted octanol–water partition coefficient (Wildman–Crippen LogP) is 4.77. The number of carbonyl (C=O) groups excluding carboxylic acids is 16. The number of rotatable bonds is 24. The molecule has 0 unspecified atom stereocenters. The number of fused-ring (bicyclic) bond motifs is 4. The number of carbonyl (C=O) groups is 16. The third-order valence-corrected chi connectivity index (χ3v) is 24.3. The van der Waals surface area contributed by atoms with Gasteiger partial charge in [0.25, 0.3) is 5.91 Å². The Balaban J connectivity index is 1.20. The summed E-state index contributed by atoms with van der Waals surface area (Å²) in [6, 6.07) is 6.38. The molecule has 0 radical (unpaired) electrons. The van der Waals surface area contributed by atoms with Gasteiger partial charge in [-0.2, -0.15) is 0 Å². The molecular weight excluding hydrogens is 1680 g/mol. The summed E-state index contributed by atoms with van der Waals surface area (Å²) in [6.07, 6.45) is 8.05. The quantitative estimate of drug-likeness (QED) is 0.0370. The fraction of sp³-hybridized carbons (Fsp3) is 0.583. The van der Waals surface area contributed by atoms with Crippen LogP contribution in [0.2, 0.25) is 0 Å². The van der Waals surface area contributed by atoms with Crippen molar-refractivity contribution in [3.63, 3.8) is 0 Å². The smallest absolute Gasteiger partial charge is 0.270 e. The second-order valence-corrected chi connectivity index (χ2v) is 37.3. The van der Waals surface area contributed by atoms with E-state index in [1.807, 2.05) is 112 Å². The Hall–Kier alpha value is -12.0. The standard InChI is InChI=1S/C96H141N19O16/c1-17-19-36-77-89(124)104-70(44-57(7)8)87(122)110-76(84(119)101-53-81(97)116)52-98-54-82(117)102-74(47-61-30-22-21-23-31-61)92(127)111(14)60(13)83(118)107-72(45-58(9)10)94(129)114-40-28-38-78(114)90(125)105-69(43-56(5)6)86(121)108-73(46-59(11)12)95(130)115-41-29-39-79(115)91(126)106-71(48-62-50-99-66-34-26-24-32-64(62)66)88(123)103-68(42-55(3)4)85(120)109-75(49-63-51-100-67-35-27-25-33-65(63)67)93(128)113(16)80(37-20-18-2)96(131)112(77)15/h21-27,30-35,49-51,55-60,68-74,76-80,98-100H,17-20,28-29,36-48,52-54H2,1-16H3,(H2,97,116)(H,101,119)(H,102,117)(H,103,123)(H,104,124)(H,105,125)(H,106,126)(H,107,118)(H,108,121)(H,109,120)(H,110,122)/b75-49-/t60-,68-,69-,70-,71-,72-,73-,74-,76-,77-,78-,79-,80-/m0/s1. The molecule has 15 N–H and O–H groups in total. The van der Waals surface area contributed by atoms with E-state index in [0.29, 0.717) is 66.1 Å². The van der Waals surface area contributed by atoms with E-state index in [0.717, 1.165) is 15.8 Å². The molecular formula is C96H141N19O16. The molecule has 35 nitrogen and oxygen atoms in total. The lowest BCUT2D eigenvalue weighted by Crippen LogP contribution is -2.60. The molecule has 35 heteroatoms. The maximum Gasteiger partial charge on any atom is 0.270 e. The Kier molecular flexibility index (Phi) is 39.7. The first-order chi connectivity index (χ1) is 62.2. The largest absolute Gasteiger partial charge is 0.368 e. The number of hydrogen-bond donors (Lipinski definition) is 14. The van der Waals surface area contributed by atoms with Crippen LogP contribution in [0.15, 0.2) is 97.0 Å². The van der Waals surface area contributed by atoms with Crippen molar-refractivity contribution in [2.75, 3.05) is 53.9 Å². The van der Waals surface area contributed by atoms with Crippen LogP contribution < -0.4 is 64.2 Å². The van der Waals surface area contributed by atoms with Crippen molar-refractivity contribution in [2.24, 2.45) is 35.3 Å². The number of primary amides is 1. The van der Waals surface area contributed by atoms with Gasteiger partial charge in [0.1, 0.15) is 84.2 Å². The fourth-order valence-corrected chi connectivity index (χ4v) is 17.1. The van der Waals surface area contributed by atoms with Crippen molar-refractivity contribution in [1.29, 1.82) is 0 Å². The van der Waals surface area contributed by atoms with E-state index < -0.39 is 193 Å². The number of unbranched alkanes of at least 4 members (excludes halogenated alkanes) is 2. The van der Waals surface area contributed by atoms with Crippen LogP contribution in [0.25, 0.3) is 27.9 Å². The molecule has 5 aromatic rings. The number of nitrogens with two attached hydrogens (primary N) is 1. The molecule has 0 bridgehead atoms. The van der Waals surface area contributed by atoms with E-state index in [4.69, 9.17) is 5.73 Å². The van der Waals surface area contributed by atoms with Gasteiger partial charge < -0.3 is 98.7 Å². The summed E-state index contributed by atoms with van der Waals surface area (Å²) < 4.78 is 0. The third-order valence-electron chi connectivity index (χ3n) is 24.3. The van der Waals surface area contributed by atoms with Gasteiger partial charge in [-0.05, 0) is 136 Å². The van der Waals surface area contributed by atoms with Crippen molar-refractivity contribution in [3.05, 3.63) is 114 Å². The molecule has 716 valence electrons. The highest BCUT2D eigenvalue weighted by Gasteiger charge is 2.45. The highest BCUT2D eigenvalue weighted by atomic mass is 16.2. The number of nitrogens with zero attached hydrogens (tertiary/aromatic N) is 5. The second-order valence-electron chi connectivity index (χ2n) is 37.3. The van der Waals surface area contributed by atoms with Crippen LogP contribution in [0, 0.1) is 29.6 Å². The number of H-pyrrole nitrogens is 2. The number of hydrogen-bond acceptors (Lipinski definition) is 17. The maximum atomic E-state index is 15.8. The predicted molar refractivity (Wildman–Crippen MR) is 498 cm³/mol. The van der Waals surface area contributed by atoms with Crippen LogP contribution in [-0.2, 0) is 89.6 Å². The number of likely N-dealkylation sites (N-methyl/N-ethyl adjacent to an activating group) is 3. The minimum absolute atomic E-state index is 0.00364. The van der Waals surface area contributed by atoms with Gasteiger partial charge in [0, 0.05) is 93.4 Å². The summed E-state index contributed by atoms with van der Waals surface area (Å²) in [5, 5.41) is 32.5. The van der Waals surface area contributed by atoms with Crippen molar-refractivity contribution < 1.29 is 76.7 Å². The lowest BCUT2D eigenvalue weighted by atomic mass is 9.99. The average molecular weight is 1820 g/mol.